The number of hydrogen-bond donors (Lipinski definition) is 0. The maximum atomic E-state index is 12.9. The van der Waals surface area contributed by atoms with Crippen LogP contribution in [0.1, 0.15) is 23.5 Å². The highest BCUT2D eigenvalue weighted by Gasteiger charge is 2.38. The number of amides is 1. The van der Waals surface area contributed by atoms with Crippen molar-refractivity contribution in [1.82, 2.24) is 4.90 Å². The number of carbonyl (C=O) groups excluding carboxylic acids is 1. The van der Waals surface area contributed by atoms with Gasteiger partial charge in [-0.15, -0.1) is 0 Å². The van der Waals surface area contributed by atoms with E-state index in [9.17, 15) is 10.1 Å². The van der Waals surface area contributed by atoms with E-state index >= 15 is 0 Å². The molecule has 0 aliphatic carbocycles. The number of anilines is 1. The van der Waals surface area contributed by atoms with Gasteiger partial charge in [0, 0.05) is 18.0 Å². The minimum Gasteiger partial charge on any atom is -0.344 e. The molecule has 0 aromatic heterocycles. The number of aryl methyl sites for hydroxylation is 1. The lowest BCUT2D eigenvalue weighted by Crippen LogP contribution is -2.47. The summed E-state index contributed by atoms with van der Waals surface area (Å²) in [5, 5.41) is 10.6. The van der Waals surface area contributed by atoms with Crippen LogP contribution in [0.15, 0.2) is 65.2 Å². The number of rotatable bonds is 2. The van der Waals surface area contributed by atoms with Gasteiger partial charge >= 0.3 is 0 Å². The van der Waals surface area contributed by atoms with Gasteiger partial charge in [0.1, 0.15) is 0 Å². The van der Waals surface area contributed by atoms with Gasteiger partial charge in [0.15, 0.2) is 0 Å². The molecule has 2 aliphatic rings. The first-order chi connectivity index (χ1) is 12.7. The molecule has 0 spiro atoms. The highest BCUT2D eigenvalue weighted by molar-refractivity contribution is 8.03. The Morgan fingerprint density at radius 1 is 1.12 bits per heavy atom. The number of hydrogen-bond acceptors (Lipinski definition) is 4. The molecule has 0 bridgehead atoms. The molecule has 2 aromatic carbocycles. The first-order valence-corrected chi connectivity index (χ1v) is 9.60. The van der Waals surface area contributed by atoms with Gasteiger partial charge in [0.2, 0.25) is 5.91 Å². The fourth-order valence-electron chi connectivity index (χ4n) is 3.45. The summed E-state index contributed by atoms with van der Waals surface area (Å²) in [6.45, 7) is 2.54. The van der Waals surface area contributed by atoms with E-state index in [0.29, 0.717) is 18.7 Å². The Morgan fingerprint density at radius 2 is 1.85 bits per heavy atom. The van der Waals surface area contributed by atoms with Crippen LogP contribution in [0, 0.1) is 18.3 Å². The number of para-hydroxylation sites is 1. The van der Waals surface area contributed by atoms with Gasteiger partial charge in [-0.2, -0.15) is 5.26 Å². The van der Waals surface area contributed by atoms with Crippen molar-refractivity contribution in [3.05, 3.63) is 76.3 Å². The maximum absolute atomic E-state index is 12.9. The predicted octanol–water partition coefficient (Wildman–Crippen LogP) is 4.21. The second-order valence-electron chi connectivity index (χ2n) is 6.61. The van der Waals surface area contributed by atoms with Crippen molar-refractivity contribution in [1.29, 1.82) is 5.26 Å². The van der Waals surface area contributed by atoms with Crippen LogP contribution in [0.4, 0.5) is 5.69 Å². The Morgan fingerprint density at radius 3 is 2.54 bits per heavy atom. The topological polar surface area (TPSA) is 47.3 Å². The summed E-state index contributed by atoms with van der Waals surface area (Å²) >= 11 is 1.58. The molecule has 0 radical (unpaired) electrons. The van der Waals surface area contributed by atoms with Crippen LogP contribution in [-0.4, -0.2) is 23.4 Å². The molecular weight excluding hydrogens is 342 g/mol. The van der Waals surface area contributed by atoms with E-state index in [1.807, 2.05) is 61.5 Å². The SMILES string of the molecule is Cc1ccc(C2CC(=O)N3CN(c4ccccc4)CSC3=C2C#N)cc1. The third-order valence-corrected chi connectivity index (χ3v) is 6.05. The van der Waals surface area contributed by atoms with Gasteiger partial charge in [-0.1, -0.05) is 59.8 Å². The van der Waals surface area contributed by atoms with Crippen LogP contribution in [0.5, 0.6) is 0 Å². The van der Waals surface area contributed by atoms with Crippen LogP contribution in [0.25, 0.3) is 0 Å². The lowest BCUT2D eigenvalue weighted by atomic mass is 9.86. The molecule has 2 aliphatic heterocycles. The summed E-state index contributed by atoms with van der Waals surface area (Å²) in [6.07, 6.45) is 0.346. The number of carbonyl (C=O) groups is 1. The Kier molecular flexibility index (Phi) is 4.44. The third-order valence-electron chi connectivity index (χ3n) is 4.89. The van der Waals surface area contributed by atoms with Gasteiger partial charge in [0.05, 0.1) is 29.2 Å². The largest absolute Gasteiger partial charge is 0.344 e. The molecule has 26 heavy (non-hydrogen) atoms. The zero-order valence-corrected chi connectivity index (χ0v) is 15.4. The van der Waals surface area contributed by atoms with E-state index in [0.717, 1.165) is 22.2 Å². The quantitative estimate of drug-likeness (QED) is 0.804. The molecule has 5 heteroatoms. The number of thioether (sulfide) groups is 1. The number of nitrogens with zero attached hydrogens (tertiary/aromatic N) is 3. The number of allylic oxidation sites excluding steroid dienone is 1. The molecule has 4 rings (SSSR count). The van der Waals surface area contributed by atoms with Gasteiger partial charge in [-0.25, -0.2) is 0 Å². The van der Waals surface area contributed by atoms with Crippen LogP contribution in [0.3, 0.4) is 0 Å². The molecule has 130 valence electrons. The fourth-order valence-corrected chi connectivity index (χ4v) is 4.62. The van der Waals surface area contributed by atoms with Crippen LogP contribution < -0.4 is 4.90 Å². The Hall–Kier alpha value is -2.71. The average molecular weight is 361 g/mol. The minimum absolute atomic E-state index is 0.0812. The molecule has 2 heterocycles. The van der Waals surface area contributed by atoms with Crippen molar-refractivity contribution in [3.8, 4) is 6.07 Å². The smallest absolute Gasteiger partial charge is 0.229 e. The number of nitriles is 1. The zero-order chi connectivity index (χ0) is 18.1. The summed E-state index contributed by atoms with van der Waals surface area (Å²) in [4.78, 5) is 16.8. The van der Waals surface area contributed by atoms with Gasteiger partial charge in [0.25, 0.3) is 0 Å². The van der Waals surface area contributed by atoms with E-state index in [1.165, 1.54) is 5.56 Å². The summed E-state index contributed by atoms with van der Waals surface area (Å²) in [6, 6.07) is 20.6. The number of benzene rings is 2. The highest BCUT2D eigenvalue weighted by atomic mass is 32.2. The Labute approximate surface area is 157 Å². The first kappa shape index (κ1) is 16.7. The summed E-state index contributed by atoms with van der Waals surface area (Å²) in [7, 11) is 0. The Balaban J connectivity index is 1.67. The summed E-state index contributed by atoms with van der Waals surface area (Å²) in [5.74, 6) is 0.669. The summed E-state index contributed by atoms with van der Waals surface area (Å²) in [5.41, 5.74) is 4.02. The van der Waals surface area contributed by atoms with E-state index in [1.54, 1.807) is 16.7 Å². The normalized spacial score (nSPS) is 20.0. The predicted molar refractivity (Wildman–Crippen MR) is 104 cm³/mol. The van der Waals surface area contributed by atoms with Gasteiger partial charge in [-0.3, -0.25) is 9.69 Å². The van der Waals surface area contributed by atoms with Crippen molar-refractivity contribution in [2.24, 2.45) is 0 Å². The minimum atomic E-state index is -0.143. The van der Waals surface area contributed by atoms with Gasteiger partial charge in [-0.05, 0) is 24.6 Å². The Bertz CT molecular complexity index is 899. The van der Waals surface area contributed by atoms with Crippen molar-refractivity contribution < 1.29 is 4.79 Å². The van der Waals surface area contributed by atoms with Crippen LogP contribution in [0.2, 0.25) is 0 Å². The standard InChI is InChI=1S/C21H19N3OS/c1-15-7-9-16(10-8-15)18-11-20(25)24-13-23(17-5-3-2-4-6-17)14-26-21(24)19(18)12-22/h2-10,18H,11,13-14H2,1H3. The second kappa shape index (κ2) is 6.89. The monoisotopic (exact) mass is 361 g/mol. The summed E-state index contributed by atoms with van der Waals surface area (Å²) < 4.78 is 0. The van der Waals surface area contributed by atoms with E-state index in [-0.39, 0.29) is 11.8 Å². The van der Waals surface area contributed by atoms with Crippen LogP contribution >= 0.6 is 11.8 Å². The zero-order valence-electron chi connectivity index (χ0n) is 14.6. The van der Waals surface area contributed by atoms with E-state index < -0.39 is 0 Å². The molecular formula is C21H19N3OS. The van der Waals surface area contributed by atoms with Crippen molar-refractivity contribution in [3.63, 3.8) is 0 Å². The molecule has 1 atom stereocenters. The molecule has 2 aromatic rings. The van der Waals surface area contributed by atoms with Gasteiger partial charge < -0.3 is 4.90 Å². The van der Waals surface area contributed by atoms with Crippen molar-refractivity contribution >= 4 is 23.4 Å². The lowest BCUT2D eigenvalue weighted by Gasteiger charge is -2.42. The van der Waals surface area contributed by atoms with Crippen molar-refractivity contribution in [2.75, 3.05) is 17.4 Å². The highest BCUT2D eigenvalue weighted by Crippen LogP contribution is 2.43. The second-order valence-corrected chi connectivity index (χ2v) is 7.54. The number of fused-ring (bicyclic) bond motifs is 1. The molecule has 4 nitrogen and oxygen atoms in total. The van der Waals surface area contributed by atoms with Crippen molar-refractivity contribution in [2.45, 2.75) is 19.3 Å². The maximum Gasteiger partial charge on any atom is 0.229 e. The average Bonchev–Trinajstić information content (AvgIpc) is 2.69. The van der Waals surface area contributed by atoms with E-state index in [4.69, 9.17) is 0 Å². The molecule has 0 N–H and O–H groups in total. The van der Waals surface area contributed by atoms with Crippen LogP contribution in [-0.2, 0) is 4.79 Å². The lowest BCUT2D eigenvalue weighted by molar-refractivity contribution is -0.129. The third kappa shape index (κ3) is 2.97. The molecule has 1 amide bonds. The van der Waals surface area contributed by atoms with E-state index in [2.05, 4.69) is 11.0 Å². The molecule has 1 fully saturated rings. The first-order valence-electron chi connectivity index (χ1n) is 8.61. The molecule has 1 unspecified atom stereocenters. The molecule has 1 saturated heterocycles. The molecule has 0 saturated carbocycles. The fraction of sp³-hybridized carbons (Fsp3) is 0.238.